The van der Waals surface area contributed by atoms with Crippen LogP contribution in [0.15, 0.2) is 105 Å². The molecule has 17 rings (SSSR count). The first-order valence-electron chi connectivity index (χ1n) is 33.4. The molecule has 12 aromatic heterocycles. The highest BCUT2D eigenvalue weighted by Crippen LogP contribution is 2.44. The predicted molar refractivity (Wildman–Crippen MR) is 393 cm³/mol. The van der Waals surface area contributed by atoms with Crippen molar-refractivity contribution in [2.75, 3.05) is 89.2 Å². The second-order valence-corrected chi connectivity index (χ2v) is 30.8. The third kappa shape index (κ3) is 12.9. The Labute approximate surface area is 586 Å². The van der Waals surface area contributed by atoms with Crippen molar-refractivity contribution >= 4 is 156 Å². The number of halogens is 3. The van der Waals surface area contributed by atoms with E-state index in [9.17, 15) is 37.1 Å². The van der Waals surface area contributed by atoms with E-state index < -0.39 is 11.7 Å². The van der Waals surface area contributed by atoms with E-state index in [0.717, 1.165) is 113 Å². The van der Waals surface area contributed by atoms with Crippen LogP contribution >= 0.6 is 45.3 Å². The fourth-order valence-corrected chi connectivity index (χ4v) is 18.6. The third-order valence-electron chi connectivity index (χ3n) is 19.7. The van der Waals surface area contributed by atoms with Gasteiger partial charge in [0.1, 0.15) is 43.9 Å². The number of thiophene rings is 4. The van der Waals surface area contributed by atoms with E-state index in [4.69, 9.17) is 9.47 Å². The molecule has 1 spiro atoms. The minimum absolute atomic E-state index is 0.0212. The lowest BCUT2D eigenvalue weighted by atomic mass is 9.90. The molecule has 0 aromatic carbocycles. The molecule has 100 heavy (non-hydrogen) atoms. The van der Waals surface area contributed by atoms with Gasteiger partial charge >= 0.3 is 0 Å². The lowest BCUT2D eigenvalue weighted by Crippen LogP contribution is -2.37. The van der Waals surface area contributed by atoms with Gasteiger partial charge in [0.05, 0.1) is 111 Å². The van der Waals surface area contributed by atoms with Gasteiger partial charge in [0.2, 0.25) is 5.92 Å². The molecule has 30 heteroatoms. The highest BCUT2D eigenvalue weighted by atomic mass is 32.1. The number of carbonyl (C=O) groups is 1. The van der Waals surface area contributed by atoms with E-state index in [2.05, 4.69) is 39.9 Å². The maximum Gasteiger partial charge on any atom is 0.271 e. The van der Waals surface area contributed by atoms with Crippen LogP contribution in [-0.2, 0) is 14.3 Å². The first-order valence-corrected chi connectivity index (χ1v) is 36.7. The SMILES string of the molecule is CN(C)c1ccnc2sc3c(=O)n(C4CC=C(F)CC4)cnc3c12.CN(C)c1ccnc2sc3c(=O)n(C4CCC(=O)CC4)cnc3c12.CN(C)c1ccnc2sc3c(=O)n(C4CCC(F)(F)CC4)cnc3c12.CN(C)c1ccnc2sc3c(=O)n(C4CCC5(CC4)OCCO5)cnc3c12. The Morgan fingerprint density at radius 2 is 0.720 bits per heavy atom. The lowest BCUT2D eigenvalue weighted by molar-refractivity contribution is -0.181. The van der Waals surface area contributed by atoms with Gasteiger partial charge < -0.3 is 29.1 Å². The van der Waals surface area contributed by atoms with Gasteiger partial charge in [-0.25, -0.2) is 53.0 Å². The van der Waals surface area contributed by atoms with Gasteiger partial charge in [-0.15, -0.1) is 45.3 Å². The molecule has 1 saturated heterocycles. The number of fused-ring (bicyclic) bond motifs is 12. The number of allylic oxidation sites excluding steroid dienone is 2. The minimum Gasteiger partial charge on any atom is -0.377 e. The van der Waals surface area contributed by atoms with Crippen molar-refractivity contribution in [1.29, 1.82) is 0 Å². The number of alkyl halides is 2. The molecule has 0 amide bonds. The number of Topliss-reactive ketones (excluding diaryl/α,β-unsaturated/α-hetero) is 1. The molecular formula is C70H75F3N16O7S4. The molecule has 4 aliphatic carbocycles. The van der Waals surface area contributed by atoms with Gasteiger partial charge in [0.25, 0.3) is 22.2 Å². The van der Waals surface area contributed by atoms with Crippen LogP contribution in [0.2, 0.25) is 0 Å². The van der Waals surface area contributed by atoms with E-state index in [0.29, 0.717) is 88.0 Å². The monoisotopic (exact) mass is 1440 g/mol. The van der Waals surface area contributed by atoms with Gasteiger partial charge in [-0.05, 0) is 75.6 Å². The molecule has 1 atom stereocenters. The Hall–Kier alpha value is -8.68. The molecule has 0 bridgehead atoms. The molecule has 0 radical (unpaired) electrons. The molecular weight excluding hydrogens is 1360 g/mol. The van der Waals surface area contributed by atoms with Gasteiger partial charge in [-0.3, -0.25) is 42.2 Å². The molecule has 4 fully saturated rings. The standard InChI is InChI=1S/C19H22N4O3S.C17H18F2N4OS.C17H17FN4OS.C17H18N4O2S/c1-22(2)13-5-8-20-17-14(13)15-16(27-17)18(24)23(11-21-15)12-3-6-19(7-4-12)25-9-10-26-19;1-22(2)11-5-8-20-15-12(11)13-14(25-15)16(24)23(9-21-13)10-3-6-17(18,19)7-4-10;1-21(2)12-7-8-19-16-13(12)14-15(24-16)17(23)22(9-20-14)11-5-3-10(18)4-6-11;1-20(2)12-7-8-18-16-13(12)14-15(24-16)17(23)21(9-19-14)10-3-5-11(22)6-4-10/h5,8,11-12H,3-4,6-7,9-10H2,1-2H3;5,8-10H,3-4,6-7H2,1-2H3;3,7-9,11H,4-6H2,1-2H3;7-10H,3-6H2,1-2H3. The first kappa shape index (κ1) is 68.5. The molecule has 5 aliphatic rings. The zero-order valence-electron chi connectivity index (χ0n) is 56.6. The molecule has 1 unspecified atom stereocenters. The van der Waals surface area contributed by atoms with Crippen LogP contribution in [-0.4, -0.2) is 145 Å². The Kier molecular flexibility index (Phi) is 19.0. The average Bonchev–Trinajstić information content (AvgIpc) is 1.62. The maximum atomic E-state index is 13.4. The summed E-state index contributed by atoms with van der Waals surface area (Å²) in [4.78, 5) is 111. The fourth-order valence-electron chi connectivity index (χ4n) is 14.4. The number of nitrogens with zero attached hydrogens (tertiary/aromatic N) is 16. The summed E-state index contributed by atoms with van der Waals surface area (Å²) in [7, 11) is 15.7. The van der Waals surface area contributed by atoms with E-state index in [1.165, 1.54) is 56.2 Å². The number of pyridine rings is 4. The van der Waals surface area contributed by atoms with Crippen LogP contribution in [0.1, 0.15) is 120 Å². The summed E-state index contributed by atoms with van der Waals surface area (Å²) >= 11 is 5.52. The van der Waals surface area contributed by atoms with Crippen LogP contribution < -0.4 is 41.8 Å². The second kappa shape index (κ2) is 27.7. The van der Waals surface area contributed by atoms with Gasteiger partial charge in [-0.1, -0.05) is 6.08 Å². The summed E-state index contributed by atoms with van der Waals surface area (Å²) in [5.41, 5.74) is 6.60. The minimum atomic E-state index is -2.61. The van der Waals surface area contributed by atoms with E-state index in [-0.39, 0.29) is 70.9 Å². The second-order valence-electron chi connectivity index (χ2n) is 26.8. The number of hydrogen-bond acceptors (Lipinski definition) is 23. The zero-order valence-corrected chi connectivity index (χ0v) is 59.9. The van der Waals surface area contributed by atoms with Crippen molar-refractivity contribution in [2.45, 2.75) is 132 Å². The molecule has 3 saturated carbocycles. The van der Waals surface area contributed by atoms with Gasteiger partial charge in [-0.2, -0.15) is 0 Å². The fraction of sp³-hybridized carbons (Fsp3) is 0.443. The van der Waals surface area contributed by atoms with Crippen LogP contribution in [0.4, 0.5) is 35.9 Å². The quantitative estimate of drug-likeness (QED) is 0.137. The van der Waals surface area contributed by atoms with Crippen molar-refractivity contribution in [3.8, 4) is 0 Å². The highest BCUT2D eigenvalue weighted by Gasteiger charge is 2.41. The van der Waals surface area contributed by atoms with Crippen LogP contribution in [0.3, 0.4) is 0 Å². The number of carbonyl (C=O) groups excluding carboxylic acids is 1. The summed E-state index contributed by atoms with van der Waals surface area (Å²) in [6.07, 6.45) is 22.7. The molecule has 12 aromatic rings. The molecule has 0 N–H and O–H groups in total. The number of ether oxygens (including phenoxy) is 2. The Morgan fingerprint density at radius 1 is 0.420 bits per heavy atom. The Morgan fingerprint density at radius 3 is 1.03 bits per heavy atom. The van der Waals surface area contributed by atoms with E-state index in [1.807, 2.05) is 100 Å². The molecule has 1 aliphatic heterocycles. The number of anilines is 4. The Bertz CT molecular complexity index is 5410. The van der Waals surface area contributed by atoms with Gasteiger partial charge in [0, 0.05) is 150 Å². The summed E-state index contributed by atoms with van der Waals surface area (Å²) in [6, 6.07) is 7.69. The van der Waals surface area contributed by atoms with Crippen LogP contribution in [0.25, 0.3) is 81.7 Å². The van der Waals surface area contributed by atoms with Gasteiger partial charge in [0.15, 0.2) is 5.79 Å². The lowest BCUT2D eigenvalue weighted by Gasteiger charge is -2.35. The first-order chi connectivity index (χ1) is 48.1. The number of ketones is 1. The number of aromatic nitrogens is 12. The van der Waals surface area contributed by atoms with Crippen molar-refractivity contribution in [3.63, 3.8) is 0 Å². The average molecular weight is 1440 g/mol. The number of rotatable bonds is 8. The third-order valence-corrected chi connectivity index (χ3v) is 24.0. The molecule has 23 nitrogen and oxygen atoms in total. The highest BCUT2D eigenvalue weighted by molar-refractivity contribution is 7.26. The van der Waals surface area contributed by atoms with E-state index in [1.54, 1.807) is 63.5 Å². The van der Waals surface area contributed by atoms with E-state index >= 15 is 0 Å². The normalized spacial score (nSPS) is 18.7. The largest absolute Gasteiger partial charge is 0.377 e. The maximum absolute atomic E-state index is 13.4. The molecule has 522 valence electrons. The molecule has 13 heterocycles. The van der Waals surface area contributed by atoms with Crippen LogP contribution in [0.5, 0.6) is 0 Å². The summed E-state index contributed by atoms with van der Waals surface area (Å²) in [5.74, 6) is -2.83. The summed E-state index contributed by atoms with van der Waals surface area (Å²) < 4.78 is 60.8. The predicted octanol–water partition coefficient (Wildman–Crippen LogP) is 13.2. The smallest absolute Gasteiger partial charge is 0.271 e. The van der Waals surface area contributed by atoms with Crippen molar-refractivity contribution in [1.82, 2.24) is 58.1 Å². The number of hydrogen-bond donors (Lipinski definition) is 0. The zero-order chi connectivity index (χ0) is 70.1. The van der Waals surface area contributed by atoms with Crippen molar-refractivity contribution in [2.24, 2.45) is 0 Å². The topological polar surface area (TPSA) is 240 Å². The summed E-state index contributed by atoms with van der Waals surface area (Å²) in [5, 5.41) is 3.68. The van der Waals surface area contributed by atoms with Crippen molar-refractivity contribution in [3.05, 3.63) is 128 Å². The summed E-state index contributed by atoms with van der Waals surface area (Å²) in [6.45, 7) is 1.34. The van der Waals surface area contributed by atoms with Crippen molar-refractivity contribution < 1.29 is 27.4 Å². The van der Waals surface area contributed by atoms with Crippen LogP contribution in [0, 0.1) is 0 Å². The Balaban J connectivity index is 0.000000114.